The number of imidazole rings is 1. The molecule has 0 fully saturated rings. The second-order valence-electron chi connectivity index (χ2n) is 6.40. The predicted molar refractivity (Wildman–Crippen MR) is 108 cm³/mol. The molecule has 5 nitrogen and oxygen atoms in total. The summed E-state index contributed by atoms with van der Waals surface area (Å²) in [5.41, 5.74) is 3.84. The second kappa shape index (κ2) is 8.47. The van der Waals surface area contributed by atoms with Crippen molar-refractivity contribution in [3.63, 3.8) is 0 Å². The number of amides is 1. The summed E-state index contributed by atoms with van der Waals surface area (Å²) in [6.45, 7) is 10.2. The van der Waals surface area contributed by atoms with Crippen LogP contribution in [0, 0.1) is 6.92 Å². The lowest BCUT2D eigenvalue weighted by atomic mass is 10.1. The second-order valence-corrected chi connectivity index (χ2v) is 7.24. The number of carbonyl (C=O) groups is 1. The molecule has 0 unspecified atom stereocenters. The lowest BCUT2D eigenvalue weighted by Gasteiger charge is -2.17. The van der Waals surface area contributed by atoms with Crippen LogP contribution in [0.3, 0.4) is 0 Å². The van der Waals surface area contributed by atoms with Crippen LogP contribution in [0.5, 0.6) is 0 Å². The number of carbonyl (C=O) groups excluding carboxylic acids is 1. The van der Waals surface area contributed by atoms with Crippen LogP contribution in [0.25, 0.3) is 16.2 Å². The Labute approximate surface area is 158 Å². The Bertz CT molecular complexity index is 862. The van der Waals surface area contributed by atoms with Gasteiger partial charge in [-0.3, -0.25) is 9.20 Å². The minimum absolute atomic E-state index is 0.0383. The molecule has 0 aliphatic heterocycles. The molecule has 0 saturated heterocycles. The van der Waals surface area contributed by atoms with Crippen LogP contribution in [-0.4, -0.2) is 46.4 Å². The van der Waals surface area contributed by atoms with Gasteiger partial charge < -0.3 is 10.2 Å². The number of fused-ring (bicyclic) bond motifs is 1. The number of aromatic nitrogens is 2. The van der Waals surface area contributed by atoms with Crippen molar-refractivity contribution in [2.24, 2.45) is 0 Å². The van der Waals surface area contributed by atoms with Crippen molar-refractivity contribution in [2.75, 3.05) is 26.2 Å². The van der Waals surface area contributed by atoms with E-state index in [9.17, 15) is 4.79 Å². The molecule has 0 bridgehead atoms. The Balaban J connectivity index is 1.66. The van der Waals surface area contributed by atoms with Crippen LogP contribution in [0.15, 0.2) is 35.8 Å². The molecule has 0 radical (unpaired) electrons. The van der Waals surface area contributed by atoms with Gasteiger partial charge in [0, 0.05) is 23.7 Å². The third-order valence-corrected chi connectivity index (χ3v) is 5.46. The fraction of sp³-hybridized carbons (Fsp3) is 0.400. The summed E-state index contributed by atoms with van der Waals surface area (Å²) in [4.78, 5) is 20.4. The molecule has 2 aromatic heterocycles. The molecule has 1 amide bonds. The van der Waals surface area contributed by atoms with Crippen LogP contribution < -0.4 is 5.32 Å². The topological polar surface area (TPSA) is 49.6 Å². The van der Waals surface area contributed by atoms with Crippen molar-refractivity contribution in [3.8, 4) is 11.3 Å². The van der Waals surface area contributed by atoms with Gasteiger partial charge in [-0.05, 0) is 33.0 Å². The fourth-order valence-corrected chi connectivity index (χ4v) is 3.80. The summed E-state index contributed by atoms with van der Waals surface area (Å²) >= 11 is 1.50. The minimum Gasteiger partial charge on any atom is -0.351 e. The lowest BCUT2D eigenvalue weighted by molar-refractivity contribution is 0.0946. The minimum atomic E-state index is -0.0383. The van der Waals surface area contributed by atoms with Gasteiger partial charge in [-0.2, -0.15) is 0 Å². The first-order valence-electron chi connectivity index (χ1n) is 9.16. The molecule has 2 heterocycles. The first-order chi connectivity index (χ1) is 12.6. The average molecular weight is 371 g/mol. The van der Waals surface area contributed by atoms with E-state index >= 15 is 0 Å². The van der Waals surface area contributed by atoms with Crippen molar-refractivity contribution in [1.82, 2.24) is 19.6 Å². The van der Waals surface area contributed by atoms with E-state index in [0.717, 1.165) is 42.3 Å². The SMILES string of the molecule is CCN(CC)CCCNC(=O)c1csc2nc(-c3ccc(C)cc3)cn12. The van der Waals surface area contributed by atoms with Crippen molar-refractivity contribution >= 4 is 22.2 Å². The number of rotatable bonds is 8. The highest BCUT2D eigenvalue weighted by Gasteiger charge is 2.15. The number of aryl methyl sites for hydroxylation is 1. The highest BCUT2D eigenvalue weighted by Crippen LogP contribution is 2.24. The zero-order valence-corrected chi connectivity index (χ0v) is 16.5. The summed E-state index contributed by atoms with van der Waals surface area (Å²) < 4.78 is 1.89. The van der Waals surface area contributed by atoms with Crippen LogP contribution in [0.1, 0.15) is 36.3 Å². The van der Waals surface area contributed by atoms with Gasteiger partial charge in [-0.15, -0.1) is 11.3 Å². The zero-order valence-electron chi connectivity index (χ0n) is 15.7. The maximum absolute atomic E-state index is 12.5. The molecule has 6 heteroatoms. The van der Waals surface area contributed by atoms with Gasteiger partial charge in [-0.1, -0.05) is 43.7 Å². The van der Waals surface area contributed by atoms with E-state index in [-0.39, 0.29) is 5.91 Å². The highest BCUT2D eigenvalue weighted by atomic mass is 32.1. The third-order valence-electron chi connectivity index (χ3n) is 4.62. The van der Waals surface area contributed by atoms with E-state index in [4.69, 9.17) is 0 Å². The van der Waals surface area contributed by atoms with Crippen LogP contribution in [0.4, 0.5) is 0 Å². The van der Waals surface area contributed by atoms with Crippen molar-refractivity contribution in [2.45, 2.75) is 27.2 Å². The Morgan fingerprint density at radius 1 is 1.23 bits per heavy atom. The molecule has 0 aliphatic carbocycles. The van der Waals surface area contributed by atoms with Crippen molar-refractivity contribution in [3.05, 3.63) is 47.1 Å². The molecule has 26 heavy (non-hydrogen) atoms. The van der Waals surface area contributed by atoms with Gasteiger partial charge in [0.25, 0.3) is 5.91 Å². The Morgan fingerprint density at radius 3 is 2.65 bits per heavy atom. The van der Waals surface area contributed by atoms with Crippen LogP contribution >= 0.6 is 11.3 Å². The van der Waals surface area contributed by atoms with Gasteiger partial charge >= 0.3 is 0 Å². The van der Waals surface area contributed by atoms with Crippen molar-refractivity contribution < 1.29 is 4.79 Å². The van der Waals surface area contributed by atoms with E-state index in [1.54, 1.807) is 0 Å². The van der Waals surface area contributed by atoms with Gasteiger partial charge in [0.15, 0.2) is 4.96 Å². The molecular weight excluding hydrogens is 344 g/mol. The lowest BCUT2D eigenvalue weighted by Crippen LogP contribution is -2.30. The summed E-state index contributed by atoms with van der Waals surface area (Å²) in [7, 11) is 0. The number of hydrogen-bond acceptors (Lipinski definition) is 4. The Morgan fingerprint density at radius 2 is 1.96 bits per heavy atom. The van der Waals surface area contributed by atoms with Gasteiger partial charge in [0.05, 0.1) is 5.69 Å². The molecule has 3 aromatic rings. The maximum atomic E-state index is 12.5. The van der Waals surface area contributed by atoms with E-state index in [1.165, 1.54) is 16.9 Å². The number of benzene rings is 1. The number of hydrogen-bond donors (Lipinski definition) is 1. The molecule has 0 aliphatic rings. The molecule has 0 saturated carbocycles. The summed E-state index contributed by atoms with van der Waals surface area (Å²) in [5.74, 6) is -0.0383. The van der Waals surface area contributed by atoms with Gasteiger partial charge in [-0.25, -0.2) is 4.98 Å². The largest absolute Gasteiger partial charge is 0.351 e. The number of nitrogens with one attached hydrogen (secondary N) is 1. The van der Waals surface area contributed by atoms with Gasteiger partial charge in [0.1, 0.15) is 5.69 Å². The Kier molecular flexibility index (Phi) is 6.06. The summed E-state index contributed by atoms with van der Waals surface area (Å²) in [6.07, 6.45) is 2.90. The van der Waals surface area contributed by atoms with E-state index in [2.05, 4.69) is 60.2 Å². The molecular formula is C20H26N4OS. The van der Waals surface area contributed by atoms with Crippen LogP contribution in [0.2, 0.25) is 0 Å². The molecule has 0 spiro atoms. The maximum Gasteiger partial charge on any atom is 0.269 e. The molecule has 0 atom stereocenters. The zero-order chi connectivity index (χ0) is 18.5. The molecule has 138 valence electrons. The van der Waals surface area contributed by atoms with Crippen LogP contribution in [-0.2, 0) is 0 Å². The summed E-state index contributed by atoms with van der Waals surface area (Å²) in [5, 5.41) is 4.91. The predicted octanol–water partition coefficient (Wildman–Crippen LogP) is 3.83. The monoisotopic (exact) mass is 370 g/mol. The van der Waals surface area contributed by atoms with E-state index in [0.29, 0.717) is 12.2 Å². The average Bonchev–Trinajstić information content (AvgIpc) is 3.23. The summed E-state index contributed by atoms with van der Waals surface area (Å²) in [6, 6.07) is 8.28. The number of thiazole rings is 1. The molecule has 1 aromatic carbocycles. The fourth-order valence-electron chi connectivity index (χ4n) is 2.95. The number of nitrogens with zero attached hydrogens (tertiary/aromatic N) is 3. The smallest absolute Gasteiger partial charge is 0.269 e. The quantitative estimate of drug-likeness (QED) is 0.613. The van der Waals surface area contributed by atoms with Crippen molar-refractivity contribution in [1.29, 1.82) is 0 Å². The first-order valence-corrected chi connectivity index (χ1v) is 10.0. The third kappa shape index (κ3) is 4.14. The molecule has 3 rings (SSSR count). The van der Waals surface area contributed by atoms with E-state index < -0.39 is 0 Å². The highest BCUT2D eigenvalue weighted by molar-refractivity contribution is 7.15. The molecule has 1 N–H and O–H groups in total. The normalized spacial score (nSPS) is 11.4. The van der Waals surface area contributed by atoms with Gasteiger partial charge in [0.2, 0.25) is 0 Å². The Hall–Kier alpha value is -2.18. The first kappa shape index (κ1) is 18.6. The standard InChI is InChI=1S/C20H26N4OS/c1-4-23(5-2)12-6-11-21-19(25)18-14-26-20-22-17(13-24(18)20)16-9-7-15(3)8-10-16/h7-10,13-14H,4-6,11-12H2,1-3H3,(H,21,25). The van der Waals surface area contributed by atoms with E-state index in [1.807, 2.05) is 16.0 Å².